The number of methoxy groups -OCH3 is 1. The minimum absolute atomic E-state index is 0.641. The molecule has 0 aromatic heterocycles. The van der Waals surface area contributed by atoms with Gasteiger partial charge in [0, 0.05) is 25.2 Å². The van der Waals surface area contributed by atoms with Gasteiger partial charge in [0.25, 0.3) is 0 Å². The number of aryl methyl sites for hydroxylation is 1. The Kier molecular flexibility index (Phi) is 8.14. The van der Waals surface area contributed by atoms with Crippen LogP contribution in [0.3, 0.4) is 0 Å². The van der Waals surface area contributed by atoms with Crippen LogP contribution < -0.4 is 15.4 Å². The number of ether oxygens (including phenoxy) is 1. The summed E-state index contributed by atoms with van der Waals surface area (Å²) in [4.78, 5) is 6.87. The lowest BCUT2D eigenvalue weighted by molar-refractivity contribution is 0.402. The van der Waals surface area contributed by atoms with Crippen LogP contribution in [0.25, 0.3) is 0 Å². The van der Waals surface area contributed by atoms with Crippen LogP contribution in [-0.4, -0.2) is 38.6 Å². The number of aliphatic imine (C=N–C) groups is 1. The number of nitrogens with zero attached hydrogens (tertiary/aromatic N) is 2. The van der Waals surface area contributed by atoms with Crippen molar-refractivity contribution >= 4 is 5.96 Å². The molecule has 0 bridgehead atoms. The molecule has 5 nitrogen and oxygen atoms in total. The summed E-state index contributed by atoms with van der Waals surface area (Å²) >= 11 is 0. The molecular formula is C22H32N4O. The Morgan fingerprint density at radius 2 is 1.74 bits per heavy atom. The zero-order valence-corrected chi connectivity index (χ0v) is 17.2. The molecule has 2 N–H and O–H groups in total. The first kappa shape index (κ1) is 20.8. The van der Waals surface area contributed by atoms with Crippen molar-refractivity contribution in [3.8, 4) is 5.75 Å². The van der Waals surface area contributed by atoms with E-state index in [1.807, 2.05) is 0 Å². The summed E-state index contributed by atoms with van der Waals surface area (Å²) < 4.78 is 5.48. The summed E-state index contributed by atoms with van der Waals surface area (Å²) in [6.07, 6.45) is 0. The predicted octanol–water partition coefficient (Wildman–Crippen LogP) is 3.32. The van der Waals surface area contributed by atoms with Gasteiger partial charge >= 0.3 is 0 Å². The Balaban J connectivity index is 1.99. The van der Waals surface area contributed by atoms with Crippen LogP contribution >= 0.6 is 0 Å². The van der Waals surface area contributed by atoms with Crippen LogP contribution in [0, 0.1) is 6.92 Å². The fraction of sp³-hybridized carbons (Fsp3) is 0.409. The van der Waals surface area contributed by atoms with Gasteiger partial charge in [0.1, 0.15) is 5.75 Å². The molecule has 0 saturated heterocycles. The maximum atomic E-state index is 5.48. The van der Waals surface area contributed by atoms with Gasteiger partial charge in [0.15, 0.2) is 5.96 Å². The monoisotopic (exact) mass is 368 g/mol. The van der Waals surface area contributed by atoms with E-state index in [1.54, 1.807) is 7.11 Å². The molecule has 0 fully saturated rings. The highest BCUT2D eigenvalue weighted by molar-refractivity contribution is 5.79. The van der Waals surface area contributed by atoms with Crippen LogP contribution in [0.1, 0.15) is 29.2 Å². The average molecular weight is 369 g/mol. The zero-order chi connectivity index (χ0) is 19.6. The maximum Gasteiger partial charge on any atom is 0.191 e. The lowest BCUT2D eigenvalue weighted by Crippen LogP contribution is -2.36. The third kappa shape index (κ3) is 6.94. The third-order valence-corrected chi connectivity index (χ3v) is 4.17. The summed E-state index contributed by atoms with van der Waals surface area (Å²) in [5.41, 5.74) is 4.81. The minimum Gasteiger partial charge on any atom is -0.496 e. The molecule has 146 valence electrons. The molecular weight excluding hydrogens is 336 g/mol. The molecule has 0 aliphatic heterocycles. The first-order valence-electron chi connectivity index (χ1n) is 9.40. The predicted molar refractivity (Wildman–Crippen MR) is 113 cm³/mol. The molecule has 2 aromatic rings. The van der Waals surface area contributed by atoms with E-state index < -0.39 is 0 Å². The van der Waals surface area contributed by atoms with E-state index in [1.165, 1.54) is 16.7 Å². The van der Waals surface area contributed by atoms with Gasteiger partial charge in [-0.15, -0.1) is 0 Å². The quantitative estimate of drug-likeness (QED) is 0.554. The van der Waals surface area contributed by atoms with E-state index in [9.17, 15) is 0 Å². The minimum atomic E-state index is 0.641. The van der Waals surface area contributed by atoms with Crippen molar-refractivity contribution in [1.82, 2.24) is 15.5 Å². The molecule has 5 heteroatoms. The van der Waals surface area contributed by atoms with Gasteiger partial charge < -0.3 is 20.3 Å². The van der Waals surface area contributed by atoms with Crippen LogP contribution in [0.2, 0.25) is 0 Å². The average Bonchev–Trinajstić information content (AvgIpc) is 2.65. The number of benzene rings is 2. The molecule has 0 aliphatic rings. The topological polar surface area (TPSA) is 48.9 Å². The maximum absolute atomic E-state index is 5.48. The van der Waals surface area contributed by atoms with Crippen LogP contribution in [0.5, 0.6) is 5.75 Å². The normalized spacial score (nSPS) is 11.6. The van der Waals surface area contributed by atoms with E-state index in [4.69, 9.17) is 9.73 Å². The Morgan fingerprint density at radius 1 is 1.04 bits per heavy atom. The first-order chi connectivity index (χ1) is 13.0. The van der Waals surface area contributed by atoms with Crippen molar-refractivity contribution in [2.75, 3.05) is 27.7 Å². The third-order valence-electron chi connectivity index (χ3n) is 4.17. The highest BCUT2D eigenvalue weighted by Crippen LogP contribution is 2.19. The van der Waals surface area contributed by atoms with E-state index in [0.717, 1.165) is 30.4 Å². The second-order valence-corrected chi connectivity index (χ2v) is 6.92. The molecule has 0 radical (unpaired) electrons. The second-order valence-electron chi connectivity index (χ2n) is 6.92. The lowest BCUT2D eigenvalue weighted by atomic mass is 10.1. The molecule has 0 atom stereocenters. The molecule has 2 rings (SSSR count). The summed E-state index contributed by atoms with van der Waals surface area (Å²) in [5.74, 6) is 1.70. The largest absolute Gasteiger partial charge is 0.496 e. The van der Waals surface area contributed by atoms with Crippen LogP contribution in [0.15, 0.2) is 47.5 Å². The summed E-state index contributed by atoms with van der Waals surface area (Å²) in [6, 6.07) is 14.9. The Bertz CT molecular complexity index is 738. The first-order valence-corrected chi connectivity index (χ1v) is 9.40. The second kappa shape index (κ2) is 10.6. The molecule has 2 aromatic carbocycles. The van der Waals surface area contributed by atoms with Gasteiger partial charge in [-0.1, -0.05) is 36.4 Å². The van der Waals surface area contributed by atoms with E-state index in [-0.39, 0.29) is 0 Å². The number of guanidine groups is 1. The van der Waals surface area contributed by atoms with E-state index >= 15 is 0 Å². The lowest BCUT2D eigenvalue weighted by Gasteiger charge is -2.14. The fourth-order valence-corrected chi connectivity index (χ4v) is 2.80. The Hall–Kier alpha value is -2.53. The highest BCUT2D eigenvalue weighted by Gasteiger charge is 2.05. The number of hydrogen-bond donors (Lipinski definition) is 2. The zero-order valence-electron chi connectivity index (χ0n) is 17.2. The molecule has 0 amide bonds. The summed E-state index contributed by atoms with van der Waals surface area (Å²) in [7, 11) is 5.86. The van der Waals surface area contributed by atoms with Gasteiger partial charge in [-0.05, 0) is 50.7 Å². The van der Waals surface area contributed by atoms with Gasteiger partial charge in [0.05, 0.1) is 13.7 Å². The molecule has 27 heavy (non-hydrogen) atoms. The highest BCUT2D eigenvalue weighted by atomic mass is 16.5. The van der Waals surface area contributed by atoms with Crippen molar-refractivity contribution in [3.05, 3.63) is 64.7 Å². The molecule has 0 aliphatic carbocycles. The Morgan fingerprint density at radius 3 is 2.37 bits per heavy atom. The van der Waals surface area contributed by atoms with Crippen LogP contribution in [0.4, 0.5) is 0 Å². The molecule has 0 spiro atoms. The van der Waals surface area contributed by atoms with Crippen molar-refractivity contribution in [2.24, 2.45) is 4.99 Å². The molecule has 0 unspecified atom stereocenters. The number of nitrogens with one attached hydrogen (secondary N) is 2. The van der Waals surface area contributed by atoms with E-state index in [0.29, 0.717) is 13.1 Å². The van der Waals surface area contributed by atoms with Gasteiger partial charge in [-0.2, -0.15) is 0 Å². The van der Waals surface area contributed by atoms with Crippen molar-refractivity contribution < 1.29 is 4.74 Å². The summed E-state index contributed by atoms with van der Waals surface area (Å²) in [5, 5.41) is 6.69. The van der Waals surface area contributed by atoms with Crippen molar-refractivity contribution in [1.29, 1.82) is 0 Å². The summed E-state index contributed by atoms with van der Waals surface area (Å²) in [6.45, 7) is 7.21. The van der Waals surface area contributed by atoms with Gasteiger partial charge in [-0.3, -0.25) is 0 Å². The standard InChI is InChI=1S/C22H32N4O/c1-6-23-22(25-15-20-12-7-17(2)13-21(20)27-5)24-14-18-8-10-19(11-9-18)16-26(3)4/h7-13H,6,14-16H2,1-5H3,(H2,23,24,25). The smallest absolute Gasteiger partial charge is 0.191 e. The van der Waals surface area contributed by atoms with Gasteiger partial charge in [0.2, 0.25) is 0 Å². The Labute approximate surface area is 163 Å². The fourth-order valence-electron chi connectivity index (χ4n) is 2.80. The van der Waals surface area contributed by atoms with Gasteiger partial charge in [-0.25, -0.2) is 4.99 Å². The molecule has 0 saturated carbocycles. The number of rotatable bonds is 8. The molecule has 0 heterocycles. The SMILES string of the molecule is CCNC(=NCc1ccc(CN(C)C)cc1)NCc1ccc(C)cc1OC. The number of hydrogen-bond acceptors (Lipinski definition) is 3. The van der Waals surface area contributed by atoms with Crippen molar-refractivity contribution in [2.45, 2.75) is 33.5 Å². The van der Waals surface area contributed by atoms with Crippen molar-refractivity contribution in [3.63, 3.8) is 0 Å². The van der Waals surface area contributed by atoms with E-state index in [2.05, 4.69) is 85.9 Å². The van der Waals surface area contributed by atoms with Crippen LogP contribution in [-0.2, 0) is 19.6 Å².